The van der Waals surface area contributed by atoms with Gasteiger partial charge in [0.25, 0.3) is 11.5 Å². The molecule has 232 valence electrons. The number of ether oxygens (including phenoxy) is 2. The van der Waals surface area contributed by atoms with Crippen LogP contribution in [0.25, 0.3) is 22.2 Å². The molecule has 3 aromatic rings. The summed E-state index contributed by atoms with van der Waals surface area (Å²) in [5.74, 6) is 1.77. The number of likely N-dealkylation sites (tertiary alicyclic amines) is 2. The standard InChI is InChI=1S/C32H38ClN7O4/c1-32(2,3)12-20(13-34)29(41)39-17-21-15-38(16-22(21)18-39)7-8-40-28-19(14-36-31(35-4)37-28)9-25(30(40)42)24-10-23(43-5)11-26(44-6)27(24)33/h9-12,14,21-22H,7-8,15-18H2,1-6H3,(H,35,36,37)/b20-12+/t21-,22+. The monoisotopic (exact) mass is 619 g/mol. The Morgan fingerprint density at radius 3 is 2.41 bits per heavy atom. The number of allylic oxidation sites excluding steroid dienone is 1. The highest BCUT2D eigenvalue weighted by atomic mass is 35.5. The number of aromatic nitrogens is 3. The van der Waals surface area contributed by atoms with E-state index < -0.39 is 0 Å². The molecule has 11 nitrogen and oxygen atoms in total. The zero-order chi connectivity index (χ0) is 31.8. The van der Waals surface area contributed by atoms with Gasteiger partial charge in [-0.05, 0) is 29.4 Å². The number of nitrogens with one attached hydrogen (secondary N) is 1. The van der Waals surface area contributed by atoms with E-state index in [1.807, 2.05) is 25.7 Å². The molecule has 0 spiro atoms. The van der Waals surface area contributed by atoms with Crippen molar-refractivity contribution in [1.82, 2.24) is 24.3 Å². The first-order valence-corrected chi connectivity index (χ1v) is 15.0. The maximum atomic E-state index is 14.1. The topological polar surface area (TPSA) is 126 Å². The van der Waals surface area contributed by atoms with Gasteiger partial charge < -0.3 is 24.6 Å². The van der Waals surface area contributed by atoms with E-state index in [4.69, 9.17) is 21.1 Å². The van der Waals surface area contributed by atoms with Crippen molar-refractivity contribution in [2.24, 2.45) is 17.3 Å². The molecule has 1 amide bonds. The van der Waals surface area contributed by atoms with Gasteiger partial charge in [-0.3, -0.25) is 14.2 Å². The van der Waals surface area contributed by atoms with Gasteiger partial charge in [0.1, 0.15) is 28.8 Å². The van der Waals surface area contributed by atoms with Crippen molar-refractivity contribution in [2.45, 2.75) is 27.3 Å². The van der Waals surface area contributed by atoms with E-state index >= 15 is 0 Å². The third-order valence-corrected chi connectivity index (χ3v) is 8.62. The third kappa shape index (κ3) is 6.23. The molecule has 2 aliphatic heterocycles. The average molecular weight is 620 g/mol. The highest BCUT2D eigenvalue weighted by Crippen LogP contribution is 2.39. The highest BCUT2D eigenvalue weighted by molar-refractivity contribution is 6.35. The fourth-order valence-electron chi connectivity index (χ4n) is 6.14. The van der Waals surface area contributed by atoms with Crippen LogP contribution in [0.3, 0.4) is 0 Å². The van der Waals surface area contributed by atoms with Gasteiger partial charge >= 0.3 is 0 Å². The number of halogens is 1. The Kier molecular flexibility index (Phi) is 8.86. The van der Waals surface area contributed by atoms with Crippen LogP contribution in [-0.4, -0.2) is 84.2 Å². The van der Waals surface area contributed by atoms with Gasteiger partial charge in [-0.15, -0.1) is 0 Å². The van der Waals surface area contributed by atoms with Crippen molar-refractivity contribution in [3.63, 3.8) is 0 Å². The van der Waals surface area contributed by atoms with Gasteiger partial charge in [0.15, 0.2) is 0 Å². The smallest absolute Gasteiger partial charge is 0.264 e. The van der Waals surface area contributed by atoms with Gasteiger partial charge in [0.2, 0.25) is 5.95 Å². The molecule has 0 aliphatic carbocycles. The van der Waals surface area contributed by atoms with Crippen LogP contribution < -0.4 is 20.3 Å². The zero-order valence-corrected chi connectivity index (χ0v) is 26.7. The Hall–Kier alpha value is -4.14. The zero-order valence-electron chi connectivity index (χ0n) is 26.0. The Bertz CT molecular complexity index is 1710. The number of fused-ring (bicyclic) bond motifs is 2. The van der Waals surface area contributed by atoms with Gasteiger partial charge in [-0.25, -0.2) is 4.98 Å². The summed E-state index contributed by atoms with van der Waals surface area (Å²) in [6.07, 6.45) is 3.44. The first-order valence-electron chi connectivity index (χ1n) is 14.6. The maximum absolute atomic E-state index is 14.1. The molecule has 2 saturated heterocycles. The molecule has 0 saturated carbocycles. The number of rotatable bonds is 8. The van der Waals surface area contributed by atoms with Crippen LogP contribution in [0, 0.1) is 28.6 Å². The molecule has 1 aromatic carbocycles. The number of nitriles is 1. The molecule has 2 fully saturated rings. The van der Waals surface area contributed by atoms with Gasteiger partial charge in [-0.1, -0.05) is 38.4 Å². The second kappa shape index (κ2) is 12.5. The van der Waals surface area contributed by atoms with E-state index in [9.17, 15) is 14.9 Å². The lowest BCUT2D eigenvalue weighted by atomic mass is 9.93. The summed E-state index contributed by atoms with van der Waals surface area (Å²) in [5.41, 5.74) is 1.13. The fourth-order valence-corrected chi connectivity index (χ4v) is 6.43. The molecular weight excluding hydrogens is 582 g/mol. The molecule has 2 aliphatic rings. The molecule has 44 heavy (non-hydrogen) atoms. The first-order chi connectivity index (χ1) is 21.0. The van der Waals surface area contributed by atoms with Crippen molar-refractivity contribution in [3.8, 4) is 28.7 Å². The average Bonchev–Trinajstić information content (AvgIpc) is 3.57. The van der Waals surface area contributed by atoms with Gasteiger partial charge in [0, 0.05) is 75.1 Å². The van der Waals surface area contributed by atoms with E-state index in [1.54, 1.807) is 49.2 Å². The number of amides is 1. The Labute approximate surface area is 262 Å². The fraction of sp³-hybridized carbons (Fsp3) is 0.469. The molecular formula is C32H38ClN7O4. The molecule has 0 bridgehead atoms. The number of carbonyl (C=O) groups excluding carboxylic acids is 1. The minimum Gasteiger partial charge on any atom is -0.497 e. The number of anilines is 1. The number of benzene rings is 1. The quantitative estimate of drug-likeness (QED) is 0.293. The molecule has 1 N–H and O–H groups in total. The molecule has 5 rings (SSSR count). The first kappa shape index (κ1) is 31.3. The molecule has 0 unspecified atom stereocenters. The predicted molar refractivity (Wildman–Crippen MR) is 170 cm³/mol. The molecule has 2 aromatic heterocycles. The second-order valence-electron chi connectivity index (χ2n) is 12.5. The van der Waals surface area contributed by atoms with Crippen LogP contribution in [0.1, 0.15) is 20.8 Å². The van der Waals surface area contributed by atoms with Crippen LogP contribution in [0.15, 0.2) is 40.8 Å². The number of methoxy groups -OCH3 is 2. The second-order valence-corrected chi connectivity index (χ2v) is 12.8. The summed E-state index contributed by atoms with van der Waals surface area (Å²) in [6, 6.07) is 7.25. The van der Waals surface area contributed by atoms with Crippen molar-refractivity contribution < 1.29 is 14.3 Å². The van der Waals surface area contributed by atoms with E-state index in [0.717, 1.165) is 13.1 Å². The van der Waals surface area contributed by atoms with Gasteiger partial charge in [-0.2, -0.15) is 10.2 Å². The van der Waals surface area contributed by atoms with Crippen LogP contribution in [0.5, 0.6) is 11.5 Å². The van der Waals surface area contributed by atoms with Crippen molar-refractivity contribution in [1.29, 1.82) is 5.26 Å². The van der Waals surface area contributed by atoms with Crippen LogP contribution in [-0.2, 0) is 11.3 Å². The molecule has 2 atom stereocenters. The van der Waals surface area contributed by atoms with Crippen LogP contribution in [0.2, 0.25) is 5.02 Å². The summed E-state index contributed by atoms with van der Waals surface area (Å²) < 4.78 is 12.6. The Morgan fingerprint density at radius 1 is 1.11 bits per heavy atom. The molecule has 12 heteroatoms. The Balaban J connectivity index is 1.39. The predicted octanol–water partition coefficient (Wildman–Crippen LogP) is 4.06. The Morgan fingerprint density at radius 2 is 1.82 bits per heavy atom. The largest absolute Gasteiger partial charge is 0.497 e. The lowest BCUT2D eigenvalue weighted by Crippen LogP contribution is -2.36. The van der Waals surface area contributed by atoms with E-state index in [1.165, 1.54) is 7.11 Å². The van der Waals surface area contributed by atoms with Crippen LogP contribution in [0.4, 0.5) is 5.95 Å². The minimum atomic E-state index is -0.254. The summed E-state index contributed by atoms with van der Waals surface area (Å²) >= 11 is 6.70. The molecule has 0 radical (unpaired) electrons. The number of hydrogen-bond acceptors (Lipinski definition) is 9. The molecule has 4 heterocycles. The highest BCUT2D eigenvalue weighted by Gasteiger charge is 2.42. The van der Waals surface area contributed by atoms with Crippen molar-refractivity contribution >= 4 is 34.5 Å². The summed E-state index contributed by atoms with van der Waals surface area (Å²) in [4.78, 5) is 40.3. The maximum Gasteiger partial charge on any atom is 0.264 e. The summed E-state index contributed by atoms with van der Waals surface area (Å²) in [6.45, 7) is 9.82. The van der Waals surface area contributed by atoms with Crippen molar-refractivity contribution in [2.75, 3.05) is 59.3 Å². The lowest BCUT2D eigenvalue weighted by molar-refractivity contribution is -0.126. The van der Waals surface area contributed by atoms with E-state index in [-0.39, 0.29) is 22.5 Å². The van der Waals surface area contributed by atoms with Crippen LogP contribution >= 0.6 is 11.6 Å². The lowest BCUT2D eigenvalue weighted by Gasteiger charge is -2.23. The summed E-state index contributed by atoms with van der Waals surface area (Å²) in [5, 5.41) is 13.6. The number of pyridine rings is 1. The normalized spacial score (nSPS) is 18.8. The van der Waals surface area contributed by atoms with E-state index in [2.05, 4.69) is 26.3 Å². The number of nitrogens with zero attached hydrogens (tertiary/aromatic N) is 6. The van der Waals surface area contributed by atoms with E-state index in [0.29, 0.717) is 82.6 Å². The third-order valence-electron chi connectivity index (χ3n) is 8.23. The minimum absolute atomic E-state index is 0.189. The SMILES string of the molecule is CNc1ncc2cc(-c3cc(OC)cc(OC)c3Cl)c(=O)n(CCN3C[C@@H]4CN(C(=O)/C(C#N)=C/C(C)(C)C)C[C@@H]4C3)c2n1. The number of carbonyl (C=O) groups is 1. The van der Waals surface area contributed by atoms with Crippen molar-refractivity contribution in [3.05, 3.63) is 51.4 Å². The van der Waals surface area contributed by atoms with Gasteiger partial charge in [0.05, 0.1) is 19.2 Å². The number of hydrogen-bond donors (Lipinski definition) is 1. The summed E-state index contributed by atoms with van der Waals surface area (Å²) in [7, 11) is 4.79.